The molecule has 0 saturated carbocycles. The number of hydrogen-bond donors (Lipinski definition) is 1. The lowest BCUT2D eigenvalue weighted by atomic mass is 10.0. The molecule has 20 heavy (non-hydrogen) atoms. The molecule has 0 radical (unpaired) electrons. The summed E-state index contributed by atoms with van der Waals surface area (Å²) in [5.74, 6) is -0.204. The van der Waals surface area contributed by atoms with Crippen LogP contribution in [0.5, 0.6) is 0 Å². The number of ketones is 1. The lowest BCUT2D eigenvalue weighted by molar-refractivity contribution is -0.121. The monoisotopic (exact) mass is 272 g/mol. The van der Waals surface area contributed by atoms with Crippen LogP contribution in [-0.4, -0.2) is 36.2 Å². The largest absolute Gasteiger partial charge is 0.369 e. The number of primary amides is 1. The Morgan fingerprint density at radius 2 is 2.05 bits per heavy atom. The summed E-state index contributed by atoms with van der Waals surface area (Å²) < 4.78 is 0. The number of carbonyl (C=O) groups is 2. The summed E-state index contributed by atoms with van der Waals surface area (Å²) in [6.07, 6.45) is 4.19. The molecule has 3 rings (SSSR count). The first kappa shape index (κ1) is 13.3. The number of fused-ring (bicyclic) bond motifs is 1. The van der Waals surface area contributed by atoms with Gasteiger partial charge < -0.3 is 5.73 Å². The number of nitrogens with zero attached hydrogens (tertiary/aromatic N) is 1. The minimum Gasteiger partial charge on any atom is -0.369 e. The van der Waals surface area contributed by atoms with E-state index in [1.165, 1.54) is 17.5 Å². The molecular formula is C16H20N2O2. The van der Waals surface area contributed by atoms with Crippen molar-refractivity contribution in [2.45, 2.75) is 25.7 Å². The molecule has 1 aromatic carbocycles. The molecular weight excluding hydrogens is 252 g/mol. The van der Waals surface area contributed by atoms with Crippen molar-refractivity contribution in [1.82, 2.24) is 4.90 Å². The Morgan fingerprint density at radius 1 is 1.25 bits per heavy atom. The van der Waals surface area contributed by atoms with Gasteiger partial charge in [0.1, 0.15) is 0 Å². The number of aryl methyl sites for hydroxylation is 2. The Hall–Kier alpha value is -1.68. The van der Waals surface area contributed by atoms with Gasteiger partial charge in [-0.25, -0.2) is 0 Å². The minimum absolute atomic E-state index is 0.0946. The van der Waals surface area contributed by atoms with Gasteiger partial charge in [0, 0.05) is 12.1 Å². The van der Waals surface area contributed by atoms with Gasteiger partial charge in [-0.15, -0.1) is 0 Å². The van der Waals surface area contributed by atoms with Gasteiger partial charge in [0.2, 0.25) is 5.91 Å². The molecule has 1 saturated heterocycles. The SMILES string of the molecule is NC(=O)C1CCN(CC(=O)c2ccc3c(c2)CCC3)C1. The quantitative estimate of drug-likeness (QED) is 0.837. The number of carbonyl (C=O) groups excluding carboxylic acids is 2. The van der Waals surface area contributed by atoms with Gasteiger partial charge in [-0.1, -0.05) is 12.1 Å². The van der Waals surface area contributed by atoms with Gasteiger partial charge in [-0.05, 0) is 49.4 Å². The van der Waals surface area contributed by atoms with Gasteiger partial charge in [0.05, 0.1) is 12.5 Å². The minimum atomic E-state index is -0.252. The summed E-state index contributed by atoms with van der Waals surface area (Å²) in [6, 6.07) is 6.08. The fraction of sp³-hybridized carbons (Fsp3) is 0.500. The maximum atomic E-state index is 12.3. The average Bonchev–Trinajstić information content (AvgIpc) is 3.05. The number of amides is 1. The molecule has 1 atom stereocenters. The summed E-state index contributed by atoms with van der Waals surface area (Å²) in [7, 11) is 0. The van der Waals surface area contributed by atoms with Crippen molar-refractivity contribution in [3.8, 4) is 0 Å². The topological polar surface area (TPSA) is 63.4 Å². The van der Waals surface area contributed by atoms with E-state index in [-0.39, 0.29) is 17.6 Å². The molecule has 1 heterocycles. The van der Waals surface area contributed by atoms with Crippen molar-refractivity contribution in [3.63, 3.8) is 0 Å². The second kappa shape index (κ2) is 5.37. The van der Waals surface area contributed by atoms with Crippen LogP contribution >= 0.6 is 0 Å². The van der Waals surface area contributed by atoms with Crippen molar-refractivity contribution < 1.29 is 9.59 Å². The van der Waals surface area contributed by atoms with E-state index < -0.39 is 0 Å². The Bertz CT molecular complexity index is 553. The fourth-order valence-corrected chi connectivity index (χ4v) is 3.25. The third kappa shape index (κ3) is 2.61. The highest BCUT2D eigenvalue weighted by Crippen LogP contribution is 2.23. The van der Waals surface area contributed by atoms with Crippen LogP contribution < -0.4 is 5.73 Å². The second-order valence-electron chi connectivity index (χ2n) is 5.88. The predicted molar refractivity (Wildman–Crippen MR) is 76.5 cm³/mol. The van der Waals surface area contributed by atoms with Crippen LogP contribution in [0.15, 0.2) is 18.2 Å². The summed E-state index contributed by atoms with van der Waals surface area (Å²) in [4.78, 5) is 25.5. The highest BCUT2D eigenvalue weighted by atomic mass is 16.1. The predicted octanol–water partition coefficient (Wildman–Crippen LogP) is 1.17. The molecule has 1 aromatic rings. The number of hydrogen-bond acceptors (Lipinski definition) is 3. The van der Waals surface area contributed by atoms with E-state index in [0.717, 1.165) is 31.4 Å². The highest BCUT2D eigenvalue weighted by molar-refractivity contribution is 5.98. The molecule has 1 fully saturated rings. The standard InChI is InChI=1S/C16H20N2O2/c17-16(20)14-6-7-18(9-14)10-15(19)13-5-4-11-2-1-3-12(11)8-13/h4-5,8,14H,1-3,6-7,9-10H2,(H2,17,20). The molecule has 1 aliphatic heterocycles. The van der Waals surface area contributed by atoms with E-state index in [4.69, 9.17) is 5.73 Å². The molecule has 0 bridgehead atoms. The van der Waals surface area contributed by atoms with Crippen LogP contribution in [0.1, 0.15) is 34.3 Å². The van der Waals surface area contributed by atoms with Crippen LogP contribution in [0.3, 0.4) is 0 Å². The van der Waals surface area contributed by atoms with Crippen molar-refractivity contribution in [1.29, 1.82) is 0 Å². The van der Waals surface area contributed by atoms with Crippen LogP contribution in [-0.2, 0) is 17.6 Å². The van der Waals surface area contributed by atoms with Crippen LogP contribution in [0.25, 0.3) is 0 Å². The van der Waals surface area contributed by atoms with Gasteiger partial charge in [-0.2, -0.15) is 0 Å². The van der Waals surface area contributed by atoms with Crippen molar-refractivity contribution in [3.05, 3.63) is 34.9 Å². The molecule has 2 N–H and O–H groups in total. The number of likely N-dealkylation sites (tertiary alicyclic amines) is 1. The third-order valence-corrected chi connectivity index (χ3v) is 4.46. The lowest BCUT2D eigenvalue weighted by Gasteiger charge is -2.14. The zero-order valence-electron chi connectivity index (χ0n) is 11.6. The van der Waals surface area contributed by atoms with Crippen LogP contribution in [0.2, 0.25) is 0 Å². The zero-order chi connectivity index (χ0) is 14.1. The number of rotatable bonds is 4. The molecule has 0 aromatic heterocycles. The highest BCUT2D eigenvalue weighted by Gasteiger charge is 2.28. The molecule has 106 valence electrons. The first-order valence-corrected chi connectivity index (χ1v) is 7.30. The van der Waals surface area contributed by atoms with E-state index in [0.29, 0.717) is 13.1 Å². The number of benzene rings is 1. The summed E-state index contributed by atoms with van der Waals surface area (Å²) in [5, 5.41) is 0. The van der Waals surface area contributed by atoms with E-state index in [1.807, 2.05) is 17.0 Å². The average molecular weight is 272 g/mol. The van der Waals surface area contributed by atoms with Crippen molar-refractivity contribution in [2.75, 3.05) is 19.6 Å². The Kier molecular flexibility index (Phi) is 3.57. The maximum absolute atomic E-state index is 12.3. The maximum Gasteiger partial charge on any atom is 0.221 e. The zero-order valence-corrected chi connectivity index (χ0v) is 11.6. The van der Waals surface area contributed by atoms with Crippen LogP contribution in [0.4, 0.5) is 0 Å². The van der Waals surface area contributed by atoms with E-state index >= 15 is 0 Å². The molecule has 2 aliphatic rings. The first-order chi connectivity index (χ1) is 9.63. The fourth-order valence-electron chi connectivity index (χ4n) is 3.25. The third-order valence-electron chi connectivity index (χ3n) is 4.46. The normalized spacial score (nSPS) is 21.9. The van der Waals surface area contributed by atoms with Crippen molar-refractivity contribution >= 4 is 11.7 Å². The smallest absolute Gasteiger partial charge is 0.221 e. The molecule has 4 heteroatoms. The Balaban J connectivity index is 1.64. The van der Waals surface area contributed by atoms with Gasteiger partial charge in [0.15, 0.2) is 5.78 Å². The van der Waals surface area contributed by atoms with E-state index in [9.17, 15) is 9.59 Å². The Morgan fingerprint density at radius 3 is 2.80 bits per heavy atom. The van der Waals surface area contributed by atoms with E-state index in [1.54, 1.807) is 0 Å². The lowest BCUT2D eigenvalue weighted by Crippen LogP contribution is -2.31. The molecule has 1 aliphatic carbocycles. The number of nitrogens with two attached hydrogens (primary N) is 1. The first-order valence-electron chi connectivity index (χ1n) is 7.30. The molecule has 1 amide bonds. The molecule has 1 unspecified atom stereocenters. The molecule has 4 nitrogen and oxygen atoms in total. The van der Waals surface area contributed by atoms with Crippen LogP contribution in [0, 0.1) is 5.92 Å². The molecule has 0 spiro atoms. The van der Waals surface area contributed by atoms with Gasteiger partial charge in [0.25, 0.3) is 0 Å². The summed E-state index contributed by atoms with van der Waals surface area (Å²) in [6.45, 7) is 1.79. The van der Waals surface area contributed by atoms with Gasteiger partial charge in [-0.3, -0.25) is 14.5 Å². The number of Topliss-reactive ketones (excluding diaryl/α,β-unsaturated/α-hetero) is 1. The van der Waals surface area contributed by atoms with Gasteiger partial charge >= 0.3 is 0 Å². The Labute approximate surface area is 118 Å². The van der Waals surface area contributed by atoms with E-state index in [2.05, 4.69) is 6.07 Å². The van der Waals surface area contributed by atoms with Crippen molar-refractivity contribution in [2.24, 2.45) is 11.7 Å². The summed E-state index contributed by atoms with van der Waals surface area (Å²) >= 11 is 0. The second-order valence-corrected chi connectivity index (χ2v) is 5.88. The summed E-state index contributed by atoms with van der Waals surface area (Å²) in [5.41, 5.74) is 8.82.